The number of rotatable bonds is 5. The van der Waals surface area contributed by atoms with E-state index < -0.39 is 11.9 Å². The molecule has 0 radical (unpaired) electrons. The highest BCUT2D eigenvalue weighted by atomic mass is 16.5. The summed E-state index contributed by atoms with van der Waals surface area (Å²) in [4.78, 5) is 25.2. The standard InChI is InChI=1S/C17H23NO4/c1-11(13-4-6-14(22-3)7-5-13)8-16(19)18-9-12(2)15(10-18)17(20)21/h4-7,11-12,15H,8-10H2,1-3H3,(H,20,21)/t11?,12-,15-/m1/s1. The third-order valence-corrected chi connectivity index (χ3v) is 4.45. The Kier molecular flexibility index (Phi) is 5.06. The predicted octanol–water partition coefficient (Wildman–Crippen LogP) is 2.37. The summed E-state index contributed by atoms with van der Waals surface area (Å²) in [6.45, 7) is 4.75. The second-order valence-electron chi connectivity index (χ2n) is 6.10. The zero-order valence-electron chi connectivity index (χ0n) is 13.3. The van der Waals surface area contributed by atoms with E-state index in [1.54, 1.807) is 12.0 Å². The van der Waals surface area contributed by atoms with Crippen molar-refractivity contribution in [2.45, 2.75) is 26.2 Å². The maximum absolute atomic E-state index is 12.4. The molecule has 1 fully saturated rings. The zero-order valence-corrected chi connectivity index (χ0v) is 13.3. The number of methoxy groups -OCH3 is 1. The molecule has 0 aliphatic carbocycles. The van der Waals surface area contributed by atoms with Gasteiger partial charge in [-0.05, 0) is 29.5 Å². The van der Waals surface area contributed by atoms with Crippen molar-refractivity contribution in [1.82, 2.24) is 4.90 Å². The topological polar surface area (TPSA) is 66.8 Å². The number of benzene rings is 1. The van der Waals surface area contributed by atoms with Gasteiger partial charge < -0.3 is 14.7 Å². The smallest absolute Gasteiger partial charge is 0.308 e. The number of hydrogen-bond donors (Lipinski definition) is 1. The van der Waals surface area contributed by atoms with Crippen LogP contribution in [0.3, 0.4) is 0 Å². The average molecular weight is 305 g/mol. The first-order chi connectivity index (χ1) is 10.4. The summed E-state index contributed by atoms with van der Waals surface area (Å²) in [7, 11) is 1.62. The Hall–Kier alpha value is -2.04. The lowest BCUT2D eigenvalue weighted by Crippen LogP contribution is -2.30. The Morgan fingerprint density at radius 3 is 2.45 bits per heavy atom. The van der Waals surface area contributed by atoms with E-state index in [1.807, 2.05) is 38.1 Å². The van der Waals surface area contributed by atoms with Crippen molar-refractivity contribution in [3.63, 3.8) is 0 Å². The molecule has 3 atom stereocenters. The van der Waals surface area contributed by atoms with Gasteiger partial charge >= 0.3 is 5.97 Å². The summed E-state index contributed by atoms with van der Waals surface area (Å²) in [5.74, 6) is -0.333. The summed E-state index contributed by atoms with van der Waals surface area (Å²) in [5.41, 5.74) is 1.08. The Bertz CT molecular complexity index is 540. The molecule has 5 nitrogen and oxygen atoms in total. The first kappa shape index (κ1) is 16.3. The molecule has 0 spiro atoms. The fraction of sp³-hybridized carbons (Fsp3) is 0.529. The van der Waals surface area contributed by atoms with Gasteiger partial charge in [0.25, 0.3) is 0 Å². The minimum Gasteiger partial charge on any atom is -0.497 e. The number of amides is 1. The highest BCUT2D eigenvalue weighted by Gasteiger charge is 2.37. The van der Waals surface area contributed by atoms with Crippen molar-refractivity contribution >= 4 is 11.9 Å². The van der Waals surface area contributed by atoms with Gasteiger partial charge in [0.15, 0.2) is 0 Å². The highest BCUT2D eigenvalue weighted by Crippen LogP contribution is 2.27. The van der Waals surface area contributed by atoms with Crippen LogP contribution in [0.4, 0.5) is 0 Å². The van der Waals surface area contributed by atoms with Gasteiger partial charge in [0, 0.05) is 19.5 Å². The lowest BCUT2D eigenvalue weighted by atomic mass is 9.97. The van der Waals surface area contributed by atoms with Gasteiger partial charge in [0.05, 0.1) is 13.0 Å². The van der Waals surface area contributed by atoms with Crippen LogP contribution in [0, 0.1) is 11.8 Å². The summed E-state index contributed by atoms with van der Waals surface area (Å²) in [5, 5.41) is 9.14. The molecule has 2 rings (SSSR count). The molecule has 5 heteroatoms. The van der Waals surface area contributed by atoms with Crippen molar-refractivity contribution in [3.05, 3.63) is 29.8 Å². The van der Waals surface area contributed by atoms with Crippen LogP contribution in [0.5, 0.6) is 5.75 Å². The van der Waals surface area contributed by atoms with Gasteiger partial charge in [-0.15, -0.1) is 0 Å². The van der Waals surface area contributed by atoms with Gasteiger partial charge in [-0.1, -0.05) is 26.0 Å². The Morgan fingerprint density at radius 1 is 1.32 bits per heavy atom. The lowest BCUT2D eigenvalue weighted by molar-refractivity contribution is -0.142. The minimum absolute atomic E-state index is 0.0118. The Morgan fingerprint density at radius 2 is 1.95 bits per heavy atom. The van der Waals surface area contributed by atoms with Crippen LogP contribution in [-0.4, -0.2) is 42.1 Å². The van der Waals surface area contributed by atoms with Crippen LogP contribution in [0.2, 0.25) is 0 Å². The summed E-state index contributed by atoms with van der Waals surface area (Å²) >= 11 is 0. The molecule has 1 amide bonds. The number of nitrogens with zero attached hydrogens (tertiary/aromatic N) is 1. The van der Waals surface area contributed by atoms with Gasteiger partial charge in [0.2, 0.25) is 5.91 Å². The van der Waals surface area contributed by atoms with Crippen LogP contribution in [0.15, 0.2) is 24.3 Å². The van der Waals surface area contributed by atoms with E-state index in [9.17, 15) is 9.59 Å². The first-order valence-electron chi connectivity index (χ1n) is 7.57. The summed E-state index contributed by atoms with van der Waals surface area (Å²) < 4.78 is 5.13. The maximum Gasteiger partial charge on any atom is 0.308 e. The minimum atomic E-state index is -0.814. The third-order valence-electron chi connectivity index (χ3n) is 4.45. The molecule has 1 aromatic rings. The number of hydrogen-bond acceptors (Lipinski definition) is 3. The molecule has 1 unspecified atom stereocenters. The van der Waals surface area contributed by atoms with Gasteiger partial charge in [0.1, 0.15) is 5.75 Å². The van der Waals surface area contributed by atoms with Crippen LogP contribution < -0.4 is 4.74 Å². The van der Waals surface area contributed by atoms with E-state index in [0.717, 1.165) is 11.3 Å². The number of aliphatic carboxylic acids is 1. The summed E-state index contributed by atoms with van der Waals surface area (Å²) in [6, 6.07) is 7.69. The van der Waals surface area contributed by atoms with E-state index in [-0.39, 0.29) is 17.7 Å². The molecule has 1 aliphatic rings. The number of likely N-dealkylation sites (tertiary alicyclic amines) is 1. The monoisotopic (exact) mass is 305 g/mol. The van der Waals surface area contributed by atoms with Gasteiger partial charge in [-0.3, -0.25) is 9.59 Å². The van der Waals surface area contributed by atoms with Crippen LogP contribution in [0.25, 0.3) is 0 Å². The molecule has 0 saturated carbocycles. The fourth-order valence-electron chi connectivity index (χ4n) is 2.93. The van der Waals surface area contributed by atoms with Gasteiger partial charge in [-0.2, -0.15) is 0 Å². The molecule has 1 N–H and O–H groups in total. The number of carbonyl (C=O) groups excluding carboxylic acids is 1. The fourth-order valence-corrected chi connectivity index (χ4v) is 2.93. The van der Waals surface area contributed by atoms with Crippen LogP contribution >= 0.6 is 0 Å². The van der Waals surface area contributed by atoms with Crippen LogP contribution in [-0.2, 0) is 9.59 Å². The average Bonchev–Trinajstić information content (AvgIpc) is 2.89. The normalized spacial score (nSPS) is 22.4. The first-order valence-corrected chi connectivity index (χ1v) is 7.57. The van der Waals surface area contributed by atoms with Gasteiger partial charge in [-0.25, -0.2) is 0 Å². The molecule has 0 bridgehead atoms. The predicted molar refractivity (Wildman–Crippen MR) is 82.9 cm³/mol. The number of carboxylic acids is 1. The maximum atomic E-state index is 12.4. The van der Waals surface area contributed by atoms with E-state index >= 15 is 0 Å². The number of ether oxygens (including phenoxy) is 1. The van der Waals surface area contributed by atoms with Crippen molar-refractivity contribution in [1.29, 1.82) is 0 Å². The van der Waals surface area contributed by atoms with Crippen molar-refractivity contribution in [2.24, 2.45) is 11.8 Å². The number of carbonyl (C=O) groups is 2. The van der Waals surface area contributed by atoms with Crippen molar-refractivity contribution in [3.8, 4) is 5.75 Å². The third kappa shape index (κ3) is 3.59. The molecule has 22 heavy (non-hydrogen) atoms. The van der Waals surface area contributed by atoms with E-state index in [1.165, 1.54) is 0 Å². The molecule has 120 valence electrons. The SMILES string of the molecule is COc1ccc(C(C)CC(=O)N2C[C@@H](C)[C@H](C(=O)O)C2)cc1. The number of carboxylic acid groups (broad SMARTS) is 1. The van der Waals surface area contributed by atoms with E-state index in [0.29, 0.717) is 19.5 Å². The molecular formula is C17H23NO4. The van der Waals surface area contributed by atoms with Crippen molar-refractivity contribution < 1.29 is 19.4 Å². The molecular weight excluding hydrogens is 282 g/mol. The largest absolute Gasteiger partial charge is 0.497 e. The quantitative estimate of drug-likeness (QED) is 0.907. The molecule has 1 aromatic carbocycles. The zero-order chi connectivity index (χ0) is 16.3. The summed E-state index contributed by atoms with van der Waals surface area (Å²) in [6.07, 6.45) is 0.394. The highest BCUT2D eigenvalue weighted by molar-refractivity contribution is 5.79. The second-order valence-corrected chi connectivity index (χ2v) is 6.10. The Labute approximate surface area is 130 Å². The van der Waals surface area contributed by atoms with Crippen LogP contribution in [0.1, 0.15) is 31.7 Å². The lowest BCUT2D eigenvalue weighted by Gasteiger charge is -2.19. The molecule has 1 saturated heterocycles. The molecule has 1 aliphatic heterocycles. The second kappa shape index (κ2) is 6.81. The van der Waals surface area contributed by atoms with E-state index in [2.05, 4.69) is 0 Å². The molecule has 1 heterocycles. The molecule has 0 aromatic heterocycles. The Balaban J connectivity index is 1.95. The van der Waals surface area contributed by atoms with Crippen molar-refractivity contribution in [2.75, 3.05) is 20.2 Å². The van der Waals surface area contributed by atoms with E-state index in [4.69, 9.17) is 9.84 Å².